The van der Waals surface area contributed by atoms with Crippen LogP contribution in [-0.2, 0) is 75.2 Å². The first-order chi connectivity index (χ1) is 52.0. The quantitative estimate of drug-likeness (QED) is 0.0243. The number of ketones is 5. The number of thiazole rings is 1. The Kier molecular flexibility index (Phi) is 41.4. The minimum Gasteiger partial charge on any atom is -0.445 e. The first-order valence-corrected chi connectivity index (χ1v) is 40.6. The molecule has 1 aliphatic heterocycles. The number of carbonyl (C=O) groups excluding carboxylic acids is 12. The number of hydrogen-bond donors (Lipinski definition) is 8. The van der Waals surface area contributed by atoms with E-state index < -0.39 is 112 Å². The number of likely N-dealkylation sites (N-methyl/N-ethyl adjacent to an activating group) is 1. The Morgan fingerprint density at radius 1 is 0.714 bits per heavy atom. The Hall–Kier alpha value is -7.85. The molecule has 112 heavy (non-hydrogen) atoms. The molecule has 1 aromatic heterocycles. The lowest BCUT2D eigenvalue weighted by atomic mass is 9.83. The Balaban J connectivity index is 0.0000325. The number of nitrogens with one attached hydrogen (secondary N) is 6. The van der Waals surface area contributed by atoms with E-state index >= 15 is 0 Å². The monoisotopic (exact) mass is 1580 g/mol. The van der Waals surface area contributed by atoms with Crippen LogP contribution in [-0.4, -0.2) is 180 Å². The predicted octanol–water partition coefficient (Wildman–Crippen LogP) is 11.4. The van der Waals surface area contributed by atoms with Crippen LogP contribution in [0.25, 0.3) is 0 Å². The lowest BCUT2D eigenvalue weighted by Crippen LogP contribution is -2.55. The number of Topliss-reactive ketones (excluding diaryl/α,β-unsaturated/α-hetero) is 5. The summed E-state index contributed by atoms with van der Waals surface area (Å²) in [5, 5.41) is 20.0. The fourth-order valence-corrected chi connectivity index (χ4v) is 15.2. The molecule has 2 aromatic carbocycles. The highest BCUT2D eigenvalue weighted by molar-refractivity contribution is 7.09. The van der Waals surface area contributed by atoms with Crippen LogP contribution in [0.15, 0.2) is 66.2 Å². The van der Waals surface area contributed by atoms with Gasteiger partial charge in [0.2, 0.25) is 29.5 Å². The number of hydrogen-bond acceptors (Lipinski definition) is 19. The van der Waals surface area contributed by atoms with Gasteiger partial charge in [0.25, 0.3) is 0 Å². The highest BCUT2D eigenvalue weighted by Crippen LogP contribution is 2.35. The maximum Gasteiger partial charge on any atom is 0.408 e. The van der Waals surface area contributed by atoms with Gasteiger partial charge >= 0.3 is 12.1 Å². The van der Waals surface area contributed by atoms with Gasteiger partial charge in [-0.15, -0.1) is 11.3 Å². The zero-order valence-electron chi connectivity index (χ0n) is 69.7. The minimum absolute atomic E-state index is 0. The van der Waals surface area contributed by atoms with Crippen molar-refractivity contribution >= 4 is 87.6 Å². The summed E-state index contributed by atoms with van der Waals surface area (Å²) in [6.45, 7) is 29.8. The summed E-state index contributed by atoms with van der Waals surface area (Å²) < 4.78 is 17.9. The molecule has 1 fully saturated rings. The van der Waals surface area contributed by atoms with Crippen LogP contribution in [0.3, 0.4) is 0 Å². The Morgan fingerprint density at radius 2 is 1.34 bits per heavy atom. The van der Waals surface area contributed by atoms with Crippen molar-refractivity contribution in [2.75, 3.05) is 46.2 Å². The summed E-state index contributed by atoms with van der Waals surface area (Å²) in [4.78, 5) is 173. The third kappa shape index (κ3) is 32.2. The average Bonchev–Trinajstić information content (AvgIpc) is 1.77. The molecule has 27 heteroatoms. The van der Waals surface area contributed by atoms with Gasteiger partial charge in [0.15, 0.2) is 17.3 Å². The molecular weight excluding hydrogens is 1450 g/mol. The first kappa shape index (κ1) is 98.3. The van der Waals surface area contributed by atoms with E-state index in [1.54, 1.807) is 63.4 Å². The largest absolute Gasteiger partial charge is 0.445 e. The summed E-state index contributed by atoms with van der Waals surface area (Å²) in [7, 11) is 4.79. The van der Waals surface area contributed by atoms with Gasteiger partial charge in [0.1, 0.15) is 18.2 Å². The van der Waals surface area contributed by atoms with Crippen molar-refractivity contribution in [2.45, 2.75) is 287 Å². The van der Waals surface area contributed by atoms with Crippen molar-refractivity contribution in [2.24, 2.45) is 58.3 Å². The van der Waals surface area contributed by atoms with E-state index in [2.05, 4.69) is 49.0 Å². The molecule has 0 spiro atoms. The number of amides is 8. The number of unbranched alkanes of at least 4 members (excludes halogenated alkanes) is 1. The molecule has 0 bridgehead atoms. The zero-order valence-corrected chi connectivity index (χ0v) is 70.5. The standard InChI is InChI=1S/C84H133N11O15S.CH4/c1-20-53(6)73(68(108-18)49-71(101)95-42-27-32-64(95)74(109-19)54(7)65(96)47-60(78-88-41-43-111-78)44-56-28-22-21-23-29-56)94(17)79(105)62(51(2)3)48-69(99)84(15,16)93-81(107)110-50-57-33-35-61(36-34-57)90-76(103)59(31-26-40-89-80(86)106)46-67(98)72(52(4)5)91-77(104)58(45-66(97)55(8)85)30-24-25-39-87-70(100)38-37-63(92-83(12,13)14)75(102)82(9,10)11;/h21-23,28-29,33-36,41,43,51-55,58-60,62-64,68,72-74,92H,20,24-27,30-32,37-40,42,44-50,85H2,1-19H3,(H,87,100)(H,90,103)(H,91,104)(H,93,107)(H3,86,89,106);1H4/t53-,54-,55+,58+,59+,60+,62-,63+,64-,68+,72-,73-,74+;/m0./s1. The number of likely N-dealkylation sites (tertiary alicyclic amines) is 1. The highest BCUT2D eigenvalue weighted by Gasteiger charge is 2.45. The molecule has 0 radical (unpaired) electrons. The normalized spacial score (nSPS) is 16.5. The number of methoxy groups -OCH3 is 2. The summed E-state index contributed by atoms with van der Waals surface area (Å²) >= 11 is 1.53. The van der Waals surface area contributed by atoms with Gasteiger partial charge in [-0.1, -0.05) is 132 Å². The van der Waals surface area contributed by atoms with Crippen LogP contribution in [0.1, 0.15) is 237 Å². The molecular formula is C85H137N11O15S. The van der Waals surface area contributed by atoms with E-state index in [4.69, 9.17) is 25.7 Å². The zero-order chi connectivity index (χ0) is 83.3. The van der Waals surface area contributed by atoms with Gasteiger partial charge < -0.3 is 67.4 Å². The SMILES string of the molecule is C.CC[C@H](C)[C@@H]([C@@H](CC(=O)N1CCC[C@H]1[C@H](OC)[C@@H](C)C(=O)C[C@@H](Cc1ccccc1)c1nccs1)OC)N(C)C(=O)[C@@H](CC(=O)C(C)(C)NC(=O)OCc1ccc(NC(=O)[C@H](CCCNC(N)=O)CC(=O)[C@@H](NC(=O)[C@H](CCCCNC(=O)CC[C@@H](NC(C)(C)C)C(=O)C(C)(C)C)CC(=O)[C@@H](C)N)C(C)C)cc1)C(C)C. The van der Waals surface area contributed by atoms with Crippen molar-refractivity contribution in [3.63, 3.8) is 0 Å². The molecule has 3 aromatic rings. The highest BCUT2D eigenvalue weighted by atomic mass is 32.1. The van der Waals surface area contributed by atoms with Crippen LogP contribution in [0.4, 0.5) is 15.3 Å². The molecule has 1 aliphatic rings. The fourth-order valence-electron chi connectivity index (χ4n) is 14.4. The van der Waals surface area contributed by atoms with Gasteiger partial charge in [-0.25, -0.2) is 14.6 Å². The van der Waals surface area contributed by atoms with E-state index in [1.165, 1.54) is 39.2 Å². The maximum absolute atomic E-state index is 14.9. The first-order valence-electron chi connectivity index (χ1n) is 39.7. The summed E-state index contributed by atoms with van der Waals surface area (Å²) in [6, 6.07) is 12.3. The number of carbonyl (C=O) groups is 12. The van der Waals surface area contributed by atoms with Crippen LogP contribution >= 0.6 is 11.3 Å². The summed E-state index contributed by atoms with van der Waals surface area (Å²) in [6.07, 6.45) is 3.74. The number of aromatic nitrogens is 1. The molecule has 628 valence electrons. The molecule has 0 aliphatic carbocycles. The summed E-state index contributed by atoms with van der Waals surface area (Å²) in [5.74, 6) is -7.12. The number of primary amides is 1. The second-order valence-corrected chi connectivity index (χ2v) is 34.6. The molecule has 10 N–H and O–H groups in total. The molecule has 0 unspecified atom stereocenters. The number of urea groups is 1. The molecule has 0 saturated carbocycles. The van der Waals surface area contributed by atoms with E-state index in [0.717, 1.165) is 17.0 Å². The number of alkyl carbamates (subject to hydrolysis) is 1. The lowest BCUT2D eigenvalue weighted by molar-refractivity contribution is -0.149. The van der Waals surface area contributed by atoms with Gasteiger partial charge in [-0.3, -0.25) is 47.9 Å². The van der Waals surface area contributed by atoms with Crippen molar-refractivity contribution in [1.29, 1.82) is 0 Å². The average molecular weight is 1590 g/mol. The van der Waals surface area contributed by atoms with Gasteiger partial charge in [-0.05, 0) is 134 Å². The minimum atomic E-state index is -1.49. The van der Waals surface area contributed by atoms with E-state index in [1.807, 2.05) is 105 Å². The van der Waals surface area contributed by atoms with E-state index in [0.29, 0.717) is 62.9 Å². The number of nitrogens with two attached hydrogens (primary N) is 2. The fraction of sp³-hybridized carbons (Fsp3) is 0.682. The molecule has 2 heterocycles. The topological polar surface area (TPSA) is 376 Å². The number of nitrogens with zero attached hydrogens (tertiary/aromatic N) is 3. The van der Waals surface area contributed by atoms with Crippen molar-refractivity contribution < 1.29 is 71.7 Å². The predicted molar refractivity (Wildman–Crippen MR) is 439 cm³/mol. The second kappa shape index (κ2) is 47.1. The van der Waals surface area contributed by atoms with Crippen LogP contribution in [0.2, 0.25) is 0 Å². The van der Waals surface area contributed by atoms with Gasteiger partial charge in [0, 0.05) is 131 Å². The Morgan fingerprint density at radius 3 is 1.90 bits per heavy atom. The van der Waals surface area contributed by atoms with Crippen molar-refractivity contribution in [3.8, 4) is 0 Å². The second-order valence-electron chi connectivity index (χ2n) is 33.6. The third-order valence-electron chi connectivity index (χ3n) is 21.3. The smallest absolute Gasteiger partial charge is 0.408 e. The molecule has 4 rings (SSSR count). The van der Waals surface area contributed by atoms with Crippen LogP contribution in [0, 0.1) is 46.8 Å². The molecule has 8 amide bonds. The number of benzene rings is 2. The van der Waals surface area contributed by atoms with E-state index in [9.17, 15) is 57.5 Å². The Bertz CT molecular complexity index is 3500. The maximum atomic E-state index is 14.9. The van der Waals surface area contributed by atoms with Crippen molar-refractivity contribution in [1.82, 2.24) is 41.4 Å². The number of anilines is 1. The summed E-state index contributed by atoms with van der Waals surface area (Å²) in [5.41, 5.74) is 10.8. The molecule has 26 nitrogen and oxygen atoms in total. The third-order valence-corrected chi connectivity index (χ3v) is 22.2. The lowest BCUT2D eigenvalue weighted by Gasteiger charge is -2.41. The number of rotatable bonds is 49. The molecule has 13 atom stereocenters. The van der Waals surface area contributed by atoms with Gasteiger partial charge in [0.05, 0.1) is 59.4 Å². The van der Waals surface area contributed by atoms with Crippen LogP contribution in [0.5, 0.6) is 0 Å². The number of ether oxygens (including phenoxy) is 3. The van der Waals surface area contributed by atoms with Gasteiger partial charge in [-0.2, -0.15) is 0 Å². The van der Waals surface area contributed by atoms with Crippen LogP contribution < -0.4 is 43.4 Å². The van der Waals surface area contributed by atoms with E-state index in [-0.39, 0.29) is 143 Å². The molecule has 1 saturated heterocycles. The van der Waals surface area contributed by atoms with Crippen molar-refractivity contribution in [3.05, 3.63) is 82.3 Å². The Labute approximate surface area is 671 Å².